The summed E-state index contributed by atoms with van der Waals surface area (Å²) in [4.78, 5) is 0. The molecule has 0 saturated heterocycles. The van der Waals surface area contributed by atoms with Crippen molar-refractivity contribution in [3.63, 3.8) is 0 Å². The maximum atomic E-state index is 9.98. The van der Waals surface area contributed by atoms with Crippen LogP contribution in [0.5, 0.6) is 0 Å². The van der Waals surface area contributed by atoms with Crippen LogP contribution >= 0.6 is 22.6 Å². The molecule has 0 bridgehead atoms. The third-order valence-electron chi connectivity index (χ3n) is 5.86. The molecule has 0 amide bonds. The molecular weight excluding hydrogens is 523 g/mol. The number of nitrogens with zero attached hydrogens (tertiary/aromatic N) is 5. The fourth-order valence-corrected chi connectivity index (χ4v) is 4.47. The summed E-state index contributed by atoms with van der Waals surface area (Å²) in [5.74, 6) is -0.710. The molecule has 0 spiro atoms. The van der Waals surface area contributed by atoms with Gasteiger partial charge in [-0.15, -0.1) is 0 Å². The highest BCUT2D eigenvalue weighted by molar-refractivity contribution is 14.1. The molecule has 33 heavy (non-hydrogen) atoms. The Morgan fingerprint density at radius 3 is 2.42 bits per heavy atom. The fourth-order valence-electron chi connectivity index (χ4n) is 4.14. The molecular formula is C26H23IN6. The molecule has 0 aliphatic carbocycles. The Bertz CT molecular complexity index is 1350. The second-order valence-corrected chi connectivity index (χ2v) is 9.19. The molecule has 3 aromatic rings. The van der Waals surface area contributed by atoms with Crippen LogP contribution in [0.4, 0.5) is 5.69 Å². The van der Waals surface area contributed by atoms with Gasteiger partial charge in [0.05, 0.1) is 23.0 Å². The van der Waals surface area contributed by atoms with E-state index in [-0.39, 0.29) is 0 Å². The highest BCUT2D eigenvalue weighted by atomic mass is 127. The predicted octanol–water partition coefficient (Wildman–Crippen LogP) is 5.21. The summed E-state index contributed by atoms with van der Waals surface area (Å²) in [6.45, 7) is 6.17. The fraction of sp³-hybridized carbons (Fsp3) is 0.192. The first kappa shape index (κ1) is 22.8. The number of anilines is 1. The summed E-state index contributed by atoms with van der Waals surface area (Å²) in [6, 6.07) is 22.3. The van der Waals surface area contributed by atoms with E-state index in [1.54, 1.807) is 5.01 Å². The molecule has 6 nitrogen and oxygen atoms in total. The van der Waals surface area contributed by atoms with Gasteiger partial charge in [-0.3, -0.25) is 0 Å². The lowest BCUT2D eigenvalue weighted by Crippen LogP contribution is -2.40. The van der Waals surface area contributed by atoms with E-state index in [2.05, 4.69) is 69.5 Å². The first-order valence-electron chi connectivity index (χ1n) is 10.5. The lowest BCUT2D eigenvalue weighted by atomic mass is 9.95. The van der Waals surface area contributed by atoms with Gasteiger partial charge in [-0.2, -0.15) is 15.6 Å². The molecule has 7 heteroatoms. The van der Waals surface area contributed by atoms with Crippen molar-refractivity contribution in [1.29, 1.82) is 10.5 Å². The van der Waals surface area contributed by atoms with Gasteiger partial charge in [-0.1, -0.05) is 18.2 Å². The highest BCUT2D eigenvalue weighted by Gasteiger charge is 2.37. The number of allylic oxidation sites excluding steroid dienone is 1. The Morgan fingerprint density at radius 1 is 1.06 bits per heavy atom. The third-order valence-corrected chi connectivity index (χ3v) is 7.07. The molecule has 0 fully saturated rings. The summed E-state index contributed by atoms with van der Waals surface area (Å²) in [6.07, 6.45) is 1.15. The number of rotatable bonds is 4. The van der Waals surface area contributed by atoms with Crippen molar-refractivity contribution in [2.24, 2.45) is 16.8 Å². The van der Waals surface area contributed by atoms with Gasteiger partial charge in [0.25, 0.3) is 0 Å². The number of aryl methyl sites for hydroxylation is 2. The van der Waals surface area contributed by atoms with Gasteiger partial charge >= 0.3 is 0 Å². The number of aromatic nitrogens is 1. The first-order chi connectivity index (χ1) is 15.8. The molecule has 4 rings (SSSR count). The summed E-state index contributed by atoms with van der Waals surface area (Å²) in [7, 11) is 0. The van der Waals surface area contributed by atoms with Crippen molar-refractivity contribution in [3.8, 4) is 17.8 Å². The van der Waals surface area contributed by atoms with Crippen LogP contribution in [0.1, 0.15) is 22.5 Å². The molecule has 0 saturated carbocycles. The van der Waals surface area contributed by atoms with E-state index >= 15 is 0 Å². The minimum absolute atomic E-state index is 0.342. The summed E-state index contributed by atoms with van der Waals surface area (Å²) in [5, 5.41) is 26.0. The van der Waals surface area contributed by atoms with Gasteiger partial charge in [-0.05, 0) is 97.0 Å². The number of halogens is 1. The molecule has 2 atom stereocenters. The Hall–Kier alpha value is -3.40. The molecule has 1 aromatic heterocycles. The maximum absolute atomic E-state index is 9.98. The number of nitriles is 2. The van der Waals surface area contributed by atoms with Crippen LogP contribution in [-0.4, -0.2) is 16.4 Å². The Labute approximate surface area is 207 Å². The predicted molar refractivity (Wildman–Crippen MR) is 140 cm³/mol. The van der Waals surface area contributed by atoms with Crippen LogP contribution in [0.15, 0.2) is 65.3 Å². The lowest BCUT2D eigenvalue weighted by Gasteiger charge is -2.21. The van der Waals surface area contributed by atoms with Crippen molar-refractivity contribution >= 4 is 40.1 Å². The number of benzene rings is 2. The van der Waals surface area contributed by atoms with Gasteiger partial charge in [0.1, 0.15) is 18.2 Å². The zero-order valence-corrected chi connectivity index (χ0v) is 20.8. The minimum atomic E-state index is -0.710. The van der Waals surface area contributed by atoms with E-state index in [0.717, 1.165) is 28.3 Å². The third kappa shape index (κ3) is 4.18. The average molecular weight is 546 g/mol. The topological polar surface area (TPSA) is 94.1 Å². The first-order valence-corrected chi connectivity index (χ1v) is 11.6. The molecule has 0 unspecified atom stereocenters. The number of hydrogen-bond donors (Lipinski definition) is 1. The highest BCUT2D eigenvalue weighted by Crippen LogP contribution is 2.30. The molecule has 2 N–H and O–H groups in total. The van der Waals surface area contributed by atoms with E-state index in [0.29, 0.717) is 11.3 Å². The van der Waals surface area contributed by atoms with Gasteiger partial charge in [-0.25, -0.2) is 5.01 Å². The van der Waals surface area contributed by atoms with Crippen molar-refractivity contribution in [1.82, 2.24) is 4.57 Å². The van der Waals surface area contributed by atoms with Gasteiger partial charge in [0.15, 0.2) is 0 Å². The number of hydrogen-bond acceptors (Lipinski definition) is 5. The summed E-state index contributed by atoms with van der Waals surface area (Å²) < 4.78 is 3.39. The maximum Gasteiger partial charge on any atom is 0.127 e. The normalized spacial score (nSPS) is 18.1. The van der Waals surface area contributed by atoms with E-state index < -0.39 is 12.1 Å². The SMILES string of the molecule is Cc1cc(-n2c(C)cc(/C=C(/C#N)C3=NN(c4ccccc4)[C@H](N)[C@@H]3C#N)c2C)ccc1I. The van der Waals surface area contributed by atoms with Crippen LogP contribution in [-0.2, 0) is 0 Å². The number of para-hydroxylation sites is 1. The minimum Gasteiger partial charge on any atom is -0.318 e. The van der Waals surface area contributed by atoms with E-state index in [1.165, 1.54) is 9.13 Å². The molecule has 1 aliphatic heterocycles. The summed E-state index contributed by atoms with van der Waals surface area (Å²) in [5.41, 5.74) is 13.1. The Balaban J connectivity index is 1.77. The van der Waals surface area contributed by atoms with E-state index in [1.807, 2.05) is 56.3 Å². The molecule has 2 aromatic carbocycles. The van der Waals surface area contributed by atoms with Crippen LogP contribution in [0.25, 0.3) is 11.8 Å². The lowest BCUT2D eigenvalue weighted by molar-refractivity contribution is 0.624. The van der Waals surface area contributed by atoms with Crippen LogP contribution in [0.2, 0.25) is 0 Å². The van der Waals surface area contributed by atoms with Crippen LogP contribution in [0, 0.1) is 52.9 Å². The summed E-state index contributed by atoms with van der Waals surface area (Å²) >= 11 is 2.33. The van der Waals surface area contributed by atoms with Crippen molar-refractivity contribution in [2.75, 3.05) is 5.01 Å². The standard InChI is InChI=1S/C26H23IN6/c1-16-11-22(9-10-24(16)27)32-17(2)12-19(18(32)3)13-20(14-28)25-23(15-29)26(30)33(31-25)21-7-5-4-6-8-21/h4-13,23,26H,30H2,1-3H3/b20-13-/t23-,26+/m1/s1. The van der Waals surface area contributed by atoms with Crippen LogP contribution < -0.4 is 10.7 Å². The number of nitrogens with two attached hydrogens (primary N) is 1. The van der Waals surface area contributed by atoms with Gasteiger partial charge < -0.3 is 10.3 Å². The average Bonchev–Trinajstić information content (AvgIpc) is 3.29. The monoisotopic (exact) mass is 546 g/mol. The second-order valence-electron chi connectivity index (χ2n) is 8.03. The Morgan fingerprint density at radius 2 is 1.79 bits per heavy atom. The molecule has 0 radical (unpaired) electrons. The second kappa shape index (κ2) is 9.22. The largest absolute Gasteiger partial charge is 0.318 e. The number of hydrazone groups is 1. The smallest absolute Gasteiger partial charge is 0.127 e. The van der Waals surface area contributed by atoms with E-state index in [9.17, 15) is 10.5 Å². The van der Waals surface area contributed by atoms with E-state index in [4.69, 9.17) is 5.73 Å². The van der Waals surface area contributed by atoms with Crippen LogP contribution in [0.3, 0.4) is 0 Å². The zero-order chi connectivity index (χ0) is 23.7. The van der Waals surface area contributed by atoms with Gasteiger partial charge in [0, 0.05) is 20.6 Å². The van der Waals surface area contributed by atoms with Crippen molar-refractivity contribution in [3.05, 3.63) is 86.3 Å². The molecule has 1 aliphatic rings. The van der Waals surface area contributed by atoms with Crippen molar-refractivity contribution in [2.45, 2.75) is 26.9 Å². The van der Waals surface area contributed by atoms with Crippen molar-refractivity contribution < 1.29 is 0 Å². The zero-order valence-electron chi connectivity index (χ0n) is 18.6. The Kier molecular flexibility index (Phi) is 6.37. The molecule has 164 valence electrons. The quantitative estimate of drug-likeness (QED) is 0.359. The molecule has 2 heterocycles. The van der Waals surface area contributed by atoms with Gasteiger partial charge in [0.2, 0.25) is 0 Å².